The molecule has 0 bridgehead atoms. The number of nitrogens with zero attached hydrogens (tertiary/aromatic N) is 2. The van der Waals surface area contributed by atoms with E-state index in [-0.39, 0.29) is 16.9 Å². The average Bonchev–Trinajstić information content (AvgIpc) is 2.39. The van der Waals surface area contributed by atoms with Gasteiger partial charge in [0.1, 0.15) is 5.69 Å². The summed E-state index contributed by atoms with van der Waals surface area (Å²) in [7, 11) is 0. The first kappa shape index (κ1) is 12.4. The number of nitrogens with one attached hydrogen (secondary N) is 2. The number of carboxylic acids is 1. The molecule has 0 aliphatic carbocycles. The molecule has 96 valence electrons. The number of carboxylic acid groups (broad SMARTS) is 1. The number of H-pyrrole nitrogens is 1. The van der Waals surface area contributed by atoms with E-state index in [0.29, 0.717) is 0 Å². The topological polar surface area (TPSA) is 125 Å². The van der Waals surface area contributed by atoms with E-state index in [4.69, 9.17) is 5.11 Å². The van der Waals surface area contributed by atoms with Crippen LogP contribution in [-0.4, -0.2) is 32.2 Å². The van der Waals surface area contributed by atoms with Gasteiger partial charge in [0.05, 0.1) is 17.4 Å². The highest BCUT2D eigenvalue weighted by Gasteiger charge is 2.14. The Bertz CT molecular complexity index is 675. The normalized spacial score (nSPS) is 9.89. The van der Waals surface area contributed by atoms with E-state index < -0.39 is 17.4 Å². The minimum atomic E-state index is -1.19. The van der Waals surface area contributed by atoms with Crippen molar-refractivity contribution in [3.63, 3.8) is 0 Å². The van der Waals surface area contributed by atoms with Crippen molar-refractivity contribution < 1.29 is 14.7 Å². The van der Waals surface area contributed by atoms with E-state index in [9.17, 15) is 14.4 Å². The molecule has 0 atom stereocenters. The Morgan fingerprint density at radius 1 is 1.26 bits per heavy atom. The second-order valence-electron chi connectivity index (χ2n) is 3.49. The standard InChI is InChI=1S/C11H8N4O4/c16-9-2-1-7(14-15-9)10(17)13-8-5-12-4-3-6(8)11(18)19/h1-5H,(H,13,17)(H,15,16)(H,18,19). The Balaban J connectivity index is 2.26. The molecule has 19 heavy (non-hydrogen) atoms. The molecule has 2 rings (SSSR count). The van der Waals surface area contributed by atoms with Crippen LogP contribution in [0.5, 0.6) is 0 Å². The van der Waals surface area contributed by atoms with Gasteiger partial charge < -0.3 is 10.4 Å². The minimum Gasteiger partial charge on any atom is -0.478 e. The average molecular weight is 260 g/mol. The molecule has 0 radical (unpaired) electrons. The van der Waals surface area contributed by atoms with Gasteiger partial charge in [0, 0.05) is 12.3 Å². The van der Waals surface area contributed by atoms with Gasteiger partial charge in [-0.05, 0) is 12.1 Å². The van der Waals surface area contributed by atoms with Crippen molar-refractivity contribution >= 4 is 17.6 Å². The molecule has 2 aromatic heterocycles. The third-order valence-electron chi connectivity index (χ3n) is 2.21. The van der Waals surface area contributed by atoms with Gasteiger partial charge in [-0.25, -0.2) is 9.89 Å². The van der Waals surface area contributed by atoms with Crippen molar-refractivity contribution in [3.05, 3.63) is 52.2 Å². The van der Waals surface area contributed by atoms with Crippen LogP contribution in [0.2, 0.25) is 0 Å². The zero-order chi connectivity index (χ0) is 13.8. The summed E-state index contributed by atoms with van der Waals surface area (Å²) >= 11 is 0. The first-order chi connectivity index (χ1) is 9.08. The van der Waals surface area contributed by atoms with Gasteiger partial charge in [0.2, 0.25) is 0 Å². The molecular weight excluding hydrogens is 252 g/mol. The van der Waals surface area contributed by atoms with Gasteiger partial charge in [0.15, 0.2) is 0 Å². The Morgan fingerprint density at radius 2 is 2.05 bits per heavy atom. The van der Waals surface area contributed by atoms with E-state index in [1.54, 1.807) is 0 Å². The van der Waals surface area contributed by atoms with Gasteiger partial charge in [-0.3, -0.25) is 14.6 Å². The Kier molecular flexibility index (Phi) is 3.33. The molecule has 8 nitrogen and oxygen atoms in total. The number of rotatable bonds is 3. The highest BCUT2D eigenvalue weighted by molar-refractivity contribution is 6.06. The largest absolute Gasteiger partial charge is 0.478 e. The van der Waals surface area contributed by atoms with E-state index >= 15 is 0 Å². The fraction of sp³-hybridized carbons (Fsp3) is 0. The molecule has 0 saturated carbocycles. The lowest BCUT2D eigenvalue weighted by atomic mass is 10.2. The molecule has 0 fully saturated rings. The van der Waals surface area contributed by atoms with Crippen LogP contribution >= 0.6 is 0 Å². The number of amides is 1. The maximum atomic E-state index is 11.8. The zero-order valence-corrected chi connectivity index (χ0v) is 9.45. The van der Waals surface area contributed by atoms with Gasteiger partial charge in [-0.2, -0.15) is 5.10 Å². The maximum absolute atomic E-state index is 11.8. The number of aromatic carboxylic acids is 1. The smallest absolute Gasteiger partial charge is 0.337 e. The van der Waals surface area contributed by atoms with Crippen LogP contribution in [0.1, 0.15) is 20.8 Å². The molecule has 8 heteroatoms. The monoisotopic (exact) mass is 260 g/mol. The van der Waals surface area contributed by atoms with Crippen molar-refractivity contribution in [3.8, 4) is 0 Å². The third kappa shape index (κ3) is 2.80. The highest BCUT2D eigenvalue weighted by atomic mass is 16.4. The molecule has 0 saturated heterocycles. The first-order valence-corrected chi connectivity index (χ1v) is 5.12. The summed E-state index contributed by atoms with van der Waals surface area (Å²) in [4.78, 5) is 37.3. The molecule has 0 unspecified atom stereocenters. The number of carbonyl (C=O) groups excluding carboxylic acids is 1. The third-order valence-corrected chi connectivity index (χ3v) is 2.21. The summed E-state index contributed by atoms with van der Waals surface area (Å²) in [6.07, 6.45) is 2.52. The van der Waals surface area contributed by atoms with Crippen LogP contribution in [0.3, 0.4) is 0 Å². The summed E-state index contributed by atoms with van der Waals surface area (Å²) in [5.74, 6) is -1.83. The molecule has 0 spiro atoms. The molecule has 1 amide bonds. The van der Waals surface area contributed by atoms with Crippen LogP contribution < -0.4 is 10.9 Å². The summed E-state index contributed by atoms with van der Waals surface area (Å²) in [6, 6.07) is 3.63. The summed E-state index contributed by atoms with van der Waals surface area (Å²) in [5.41, 5.74) is -0.523. The Labute approximate surface area is 106 Å². The van der Waals surface area contributed by atoms with Gasteiger partial charge in [-0.15, -0.1) is 0 Å². The lowest BCUT2D eigenvalue weighted by Crippen LogP contribution is -2.19. The number of hydrogen-bond donors (Lipinski definition) is 3. The molecule has 0 aliphatic heterocycles. The van der Waals surface area contributed by atoms with Crippen LogP contribution in [-0.2, 0) is 0 Å². The lowest BCUT2D eigenvalue weighted by Gasteiger charge is -2.06. The van der Waals surface area contributed by atoms with Gasteiger partial charge in [0.25, 0.3) is 11.5 Å². The Hall–Kier alpha value is -3.03. The lowest BCUT2D eigenvalue weighted by molar-refractivity contribution is 0.0698. The number of anilines is 1. The van der Waals surface area contributed by atoms with Crippen molar-refractivity contribution in [1.29, 1.82) is 0 Å². The predicted molar refractivity (Wildman–Crippen MR) is 64.0 cm³/mol. The summed E-state index contributed by atoms with van der Waals surface area (Å²) in [5, 5.41) is 16.9. The highest BCUT2D eigenvalue weighted by Crippen LogP contribution is 2.13. The van der Waals surface area contributed by atoms with E-state index in [1.165, 1.54) is 24.5 Å². The fourth-order valence-electron chi connectivity index (χ4n) is 1.34. The zero-order valence-electron chi connectivity index (χ0n) is 9.45. The summed E-state index contributed by atoms with van der Waals surface area (Å²) < 4.78 is 0. The SMILES string of the molecule is O=C(Nc1cnccc1C(=O)O)c1ccc(=O)[nH]n1. The molecule has 2 heterocycles. The van der Waals surface area contributed by atoms with Gasteiger partial charge in [-0.1, -0.05) is 0 Å². The van der Waals surface area contributed by atoms with Crippen LogP contribution in [0.4, 0.5) is 5.69 Å². The van der Waals surface area contributed by atoms with Crippen LogP contribution in [0.25, 0.3) is 0 Å². The number of hydrogen-bond acceptors (Lipinski definition) is 5. The maximum Gasteiger partial charge on any atom is 0.337 e. The first-order valence-electron chi connectivity index (χ1n) is 5.12. The molecular formula is C11H8N4O4. The number of aromatic amines is 1. The van der Waals surface area contributed by atoms with Crippen molar-refractivity contribution in [2.24, 2.45) is 0 Å². The van der Waals surface area contributed by atoms with E-state index in [0.717, 1.165) is 6.07 Å². The summed E-state index contributed by atoms with van der Waals surface area (Å²) in [6.45, 7) is 0. The van der Waals surface area contributed by atoms with Crippen molar-refractivity contribution in [2.75, 3.05) is 5.32 Å². The van der Waals surface area contributed by atoms with E-state index in [1.807, 2.05) is 0 Å². The second kappa shape index (κ2) is 5.08. The molecule has 0 aromatic carbocycles. The predicted octanol–water partition coefficient (Wildman–Crippen LogP) is 0.115. The van der Waals surface area contributed by atoms with Crippen LogP contribution in [0.15, 0.2) is 35.4 Å². The molecule has 3 N–H and O–H groups in total. The number of pyridine rings is 1. The van der Waals surface area contributed by atoms with Gasteiger partial charge >= 0.3 is 5.97 Å². The van der Waals surface area contributed by atoms with Crippen molar-refractivity contribution in [1.82, 2.24) is 15.2 Å². The van der Waals surface area contributed by atoms with Crippen LogP contribution in [0, 0.1) is 0 Å². The van der Waals surface area contributed by atoms with E-state index in [2.05, 4.69) is 20.5 Å². The minimum absolute atomic E-state index is 0.0419. The van der Waals surface area contributed by atoms with Crippen molar-refractivity contribution in [2.45, 2.75) is 0 Å². The fourth-order valence-corrected chi connectivity index (χ4v) is 1.34. The Morgan fingerprint density at radius 3 is 2.68 bits per heavy atom. The number of carbonyl (C=O) groups is 2. The number of aromatic nitrogens is 3. The quantitative estimate of drug-likeness (QED) is 0.719. The molecule has 0 aliphatic rings. The second-order valence-corrected chi connectivity index (χ2v) is 3.49. The molecule has 2 aromatic rings.